The Hall–Kier alpha value is -2.24. The molecule has 0 heterocycles. The van der Waals surface area contributed by atoms with E-state index in [1.54, 1.807) is 31.4 Å². The van der Waals surface area contributed by atoms with Gasteiger partial charge in [0.05, 0.1) is 20.1 Å². The third-order valence-corrected chi connectivity index (χ3v) is 4.22. The zero-order chi connectivity index (χ0) is 17.9. The number of rotatable bonds is 8. The maximum Gasteiger partial charge on any atom is 0.309 e. The van der Waals surface area contributed by atoms with E-state index in [9.17, 15) is 9.59 Å². The first-order valence-corrected chi connectivity index (χ1v) is 8.89. The van der Waals surface area contributed by atoms with Gasteiger partial charge in [0, 0.05) is 6.04 Å². The number of methoxy groups -OCH3 is 1. The number of benzene rings is 1. The minimum absolute atomic E-state index is 0.0999. The molecule has 138 valence electrons. The fourth-order valence-electron chi connectivity index (χ4n) is 2.84. The SMILES string of the molecule is COc1ccc(OCCC(=O)OCC(=O)NC2CCCCCC2)cc1. The first kappa shape index (κ1) is 19.1. The van der Waals surface area contributed by atoms with Crippen molar-refractivity contribution in [3.8, 4) is 11.5 Å². The van der Waals surface area contributed by atoms with Crippen molar-refractivity contribution < 1.29 is 23.8 Å². The van der Waals surface area contributed by atoms with E-state index in [-0.39, 0.29) is 31.6 Å². The maximum absolute atomic E-state index is 11.9. The van der Waals surface area contributed by atoms with E-state index in [4.69, 9.17) is 14.2 Å². The highest BCUT2D eigenvalue weighted by Crippen LogP contribution is 2.18. The molecule has 1 N–H and O–H groups in total. The van der Waals surface area contributed by atoms with E-state index in [0.29, 0.717) is 5.75 Å². The van der Waals surface area contributed by atoms with Gasteiger partial charge in [-0.15, -0.1) is 0 Å². The second-order valence-corrected chi connectivity index (χ2v) is 6.19. The van der Waals surface area contributed by atoms with Crippen LogP contribution in [0.2, 0.25) is 0 Å². The molecule has 1 aliphatic rings. The Kier molecular flexibility index (Phi) is 8.09. The molecular formula is C19H27NO5. The fourth-order valence-corrected chi connectivity index (χ4v) is 2.84. The minimum Gasteiger partial charge on any atom is -0.497 e. The largest absolute Gasteiger partial charge is 0.497 e. The molecular weight excluding hydrogens is 322 g/mol. The molecule has 1 aliphatic carbocycles. The van der Waals surface area contributed by atoms with Crippen LogP contribution in [0.3, 0.4) is 0 Å². The van der Waals surface area contributed by atoms with Gasteiger partial charge in [0.1, 0.15) is 11.5 Å². The quantitative estimate of drug-likeness (QED) is 0.577. The Balaban J connectivity index is 1.58. The summed E-state index contributed by atoms with van der Waals surface area (Å²) in [4.78, 5) is 23.5. The van der Waals surface area contributed by atoms with Crippen LogP contribution >= 0.6 is 0 Å². The molecule has 25 heavy (non-hydrogen) atoms. The molecule has 1 saturated carbocycles. The molecule has 0 aliphatic heterocycles. The van der Waals surface area contributed by atoms with E-state index in [1.165, 1.54) is 12.8 Å². The number of amides is 1. The molecule has 0 atom stereocenters. The summed E-state index contributed by atoms with van der Waals surface area (Å²) in [6.07, 6.45) is 6.87. The molecule has 6 nitrogen and oxygen atoms in total. The lowest BCUT2D eigenvalue weighted by Crippen LogP contribution is -2.37. The molecule has 6 heteroatoms. The first-order chi connectivity index (χ1) is 12.2. The van der Waals surface area contributed by atoms with Crippen LogP contribution in [0.15, 0.2) is 24.3 Å². The average molecular weight is 349 g/mol. The van der Waals surface area contributed by atoms with Crippen molar-refractivity contribution in [3.63, 3.8) is 0 Å². The van der Waals surface area contributed by atoms with Gasteiger partial charge in [0.2, 0.25) is 0 Å². The molecule has 0 spiro atoms. The number of ether oxygens (including phenoxy) is 3. The van der Waals surface area contributed by atoms with Gasteiger partial charge in [-0.1, -0.05) is 25.7 Å². The summed E-state index contributed by atoms with van der Waals surface area (Å²) in [6.45, 7) is -0.0206. The molecule has 0 radical (unpaired) electrons. The lowest BCUT2D eigenvalue weighted by atomic mass is 10.1. The molecule has 1 aromatic carbocycles. The van der Waals surface area contributed by atoms with Gasteiger partial charge >= 0.3 is 5.97 Å². The lowest BCUT2D eigenvalue weighted by molar-refractivity contribution is -0.149. The first-order valence-electron chi connectivity index (χ1n) is 8.89. The second-order valence-electron chi connectivity index (χ2n) is 6.19. The van der Waals surface area contributed by atoms with Gasteiger partial charge in [-0.25, -0.2) is 0 Å². The van der Waals surface area contributed by atoms with Crippen LogP contribution in [0.1, 0.15) is 44.9 Å². The molecule has 0 bridgehead atoms. The van der Waals surface area contributed by atoms with Crippen molar-refractivity contribution in [2.75, 3.05) is 20.3 Å². The third-order valence-electron chi connectivity index (χ3n) is 4.22. The van der Waals surface area contributed by atoms with Crippen molar-refractivity contribution >= 4 is 11.9 Å². The molecule has 1 fully saturated rings. The van der Waals surface area contributed by atoms with Crippen molar-refractivity contribution in [2.45, 2.75) is 51.0 Å². The predicted molar refractivity (Wildman–Crippen MR) is 93.7 cm³/mol. The molecule has 1 aromatic rings. The molecule has 0 saturated heterocycles. The van der Waals surface area contributed by atoms with Crippen LogP contribution in [0, 0.1) is 0 Å². The van der Waals surface area contributed by atoms with Crippen molar-refractivity contribution in [2.24, 2.45) is 0 Å². The summed E-state index contributed by atoms with van der Waals surface area (Å²) in [5, 5.41) is 2.95. The van der Waals surface area contributed by atoms with Crippen LogP contribution in [0.25, 0.3) is 0 Å². The van der Waals surface area contributed by atoms with Crippen LogP contribution < -0.4 is 14.8 Å². The lowest BCUT2D eigenvalue weighted by Gasteiger charge is -2.16. The average Bonchev–Trinajstić information content (AvgIpc) is 2.89. The summed E-state index contributed by atoms with van der Waals surface area (Å²) in [5.74, 6) is 0.729. The van der Waals surface area contributed by atoms with Gasteiger partial charge in [-0.05, 0) is 37.1 Å². The van der Waals surface area contributed by atoms with Gasteiger partial charge in [0.15, 0.2) is 6.61 Å². The maximum atomic E-state index is 11.9. The van der Waals surface area contributed by atoms with E-state index in [2.05, 4.69) is 5.32 Å². The van der Waals surface area contributed by atoms with E-state index >= 15 is 0 Å². The number of carbonyl (C=O) groups is 2. The molecule has 2 rings (SSSR count). The van der Waals surface area contributed by atoms with Crippen molar-refractivity contribution in [3.05, 3.63) is 24.3 Å². The van der Waals surface area contributed by atoms with Crippen LogP contribution in [0.4, 0.5) is 0 Å². The monoisotopic (exact) mass is 349 g/mol. The standard InChI is InChI=1S/C19H27NO5/c1-23-16-8-10-17(11-9-16)24-13-12-19(22)25-14-18(21)20-15-6-4-2-3-5-7-15/h8-11,15H,2-7,12-14H2,1H3,(H,20,21). The summed E-state index contributed by atoms with van der Waals surface area (Å²) in [7, 11) is 1.60. The Bertz CT molecular complexity index is 535. The smallest absolute Gasteiger partial charge is 0.309 e. The highest BCUT2D eigenvalue weighted by Gasteiger charge is 2.15. The molecule has 0 aromatic heterocycles. The third kappa shape index (κ3) is 7.45. The van der Waals surface area contributed by atoms with Gasteiger partial charge in [-0.3, -0.25) is 9.59 Å². The van der Waals surface area contributed by atoms with Crippen LogP contribution in [-0.4, -0.2) is 38.2 Å². The number of hydrogen-bond acceptors (Lipinski definition) is 5. The fraction of sp³-hybridized carbons (Fsp3) is 0.579. The number of hydrogen-bond donors (Lipinski definition) is 1. The highest BCUT2D eigenvalue weighted by atomic mass is 16.5. The normalized spacial score (nSPS) is 15.1. The molecule has 0 unspecified atom stereocenters. The number of nitrogens with one attached hydrogen (secondary N) is 1. The summed E-state index contributed by atoms with van der Waals surface area (Å²) in [6, 6.07) is 7.32. The Labute approximate surface area is 148 Å². The van der Waals surface area contributed by atoms with Gasteiger partial charge < -0.3 is 19.5 Å². The summed E-state index contributed by atoms with van der Waals surface area (Å²) in [5.41, 5.74) is 0. The van der Waals surface area contributed by atoms with E-state index < -0.39 is 5.97 Å². The van der Waals surface area contributed by atoms with Crippen molar-refractivity contribution in [1.29, 1.82) is 0 Å². The Morgan fingerprint density at radius 1 is 1.04 bits per heavy atom. The van der Waals surface area contributed by atoms with Gasteiger partial charge in [0.25, 0.3) is 5.91 Å². The topological polar surface area (TPSA) is 73.9 Å². The van der Waals surface area contributed by atoms with Crippen LogP contribution in [-0.2, 0) is 14.3 Å². The number of esters is 1. The number of carbonyl (C=O) groups excluding carboxylic acids is 2. The molecule has 1 amide bonds. The van der Waals surface area contributed by atoms with Gasteiger partial charge in [-0.2, -0.15) is 0 Å². The van der Waals surface area contributed by atoms with Crippen LogP contribution in [0.5, 0.6) is 11.5 Å². The highest BCUT2D eigenvalue weighted by molar-refractivity contribution is 5.80. The minimum atomic E-state index is -0.440. The zero-order valence-corrected chi connectivity index (χ0v) is 14.8. The Morgan fingerprint density at radius 2 is 1.68 bits per heavy atom. The predicted octanol–water partition coefficient (Wildman–Crippen LogP) is 2.85. The van der Waals surface area contributed by atoms with E-state index in [1.807, 2.05) is 0 Å². The summed E-state index contributed by atoms with van der Waals surface area (Å²) >= 11 is 0. The Morgan fingerprint density at radius 3 is 2.32 bits per heavy atom. The van der Waals surface area contributed by atoms with E-state index in [0.717, 1.165) is 31.4 Å². The zero-order valence-electron chi connectivity index (χ0n) is 14.8. The second kappa shape index (κ2) is 10.6. The summed E-state index contributed by atoms with van der Waals surface area (Å²) < 4.78 is 15.5. The van der Waals surface area contributed by atoms with Crippen molar-refractivity contribution in [1.82, 2.24) is 5.32 Å².